The minimum Gasteiger partial charge on any atom is -0.311 e. The maximum absolute atomic E-state index is 3.87. The summed E-state index contributed by atoms with van der Waals surface area (Å²) in [6, 6.07) is 1.54. The molecule has 2 rings (SSSR count). The van der Waals surface area contributed by atoms with E-state index in [9.17, 15) is 0 Å². The van der Waals surface area contributed by atoms with Gasteiger partial charge < -0.3 is 5.32 Å². The molecule has 1 nitrogen and oxygen atoms in total. The third-order valence-corrected chi connectivity index (χ3v) is 4.34. The third-order valence-electron chi connectivity index (χ3n) is 4.34. The van der Waals surface area contributed by atoms with Gasteiger partial charge in [-0.2, -0.15) is 0 Å². The lowest BCUT2D eigenvalue weighted by Crippen LogP contribution is -2.44. The van der Waals surface area contributed by atoms with Gasteiger partial charge in [0, 0.05) is 12.1 Å². The molecule has 4 atom stereocenters. The summed E-state index contributed by atoms with van der Waals surface area (Å²) in [5.41, 5.74) is 0. The fourth-order valence-electron chi connectivity index (χ4n) is 3.05. The van der Waals surface area contributed by atoms with Crippen LogP contribution in [-0.2, 0) is 0 Å². The zero-order valence-corrected chi connectivity index (χ0v) is 10.6. The van der Waals surface area contributed by atoms with Crippen LogP contribution in [0.3, 0.4) is 0 Å². The first-order valence-corrected chi connectivity index (χ1v) is 6.91. The molecule has 2 saturated carbocycles. The molecule has 2 aliphatic rings. The van der Waals surface area contributed by atoms with Crippen LogP contribution < -0.4 is 5.32 Å². The van der Waals surface area contributed by atoms with Gasteiger partial charge in [0.15, 0.2) is 0 Å². The lowest BCUT2D eigenvalue weighted by Gasteiger charge is -2.35. The Morgan fingerprint density at radius 2 is 1.87 bits per heavy atom. The molecular formula is C14H27N. The van der Waals surface area contributed by atoms with E-state index in [1.54, 1.807) is 0 Å². The number of hydrogen-bond donors (Lipinski definition) is 1. The second-order valence-corrected chi connectivity index (χ2v) is 6.25. The monoisotopic (exact) mass is 209 g/mol. The van der Waals surface area contributed by atoms with Crippen molar-refractivity contribution in [2.75, 3.05) is 0 Å². The Labute approximate surface area is 95.0 Å². The Morgan fingerprint density at radius 1 is 1.13 bits per heavy atom. The maximum Gasteiger partial charge on any atom is 0.00977 e. The molecule has 0 aromatic carbocycles. The first-order chi connectivity index (χ1) is 7.15. The van der Waals surface area contributed by atoms with Crippen molar-refractivity contribution < 1.29 is 0 Å². The van der Waals surface area contributed by atoms with E-state index in [0.717, 1.165) is 29.8 Å². The van der Waals surface area contributed by atoms with Crippen LogP contribution in [0, 0.1) is 17.8 Å². The van der Waals surface area contributed by atoms with Crippen molar-refractivity contribution in [1.82, 2.24) is 5.32 Å². The Hall–Kier alpha value is -0.0400. The molecule has 0 aromatic rings. The molecule has 2 aliphatic carbocycles. The van der Waals surface area contributed by atoms with Gasteiger partial charge in [0.05, 0.1) is 0 Å². The van der Waals surface area contributed by atoms with Crippen molar-refractivity contribution in [3.05, 3.63) is 0 Å². The van der Waals surface area contributed by atoms with Crippen LogP contribution in [0.15, 0.2) is 0 Å². The summed E-state index contributed by atoms with van der Waals surface area (Å²) >= 11 is 0. The summed E-state index contributed by atoms with van der Waals surface area (Å²) in [5, 5.41) is 3.87. The SMILES string of the molecule is CC1CCC(C)C(NC(C)CC2CC2)C1. The summed E-state index contributed by atoms with van der Waals surface area (Å²) in [6.07, 6.45) is 8.66. The average molecular weight is 209 g/mol. The quantitative estimate of drug-likeness (QED) is 0.746. The fourth-order valence-corrected chi connectivity index (χ4v) is 3.05. The highest BCUT2D eigenvalue weighted by Crippen LogP contribution is 2.34. The van der Waals surface area contributed by atoms with Crippen LogP contribution in [-0.4, -0.2) is 12.1 Å². The van der Waals surface area contributed by atoms with Crippen LogP contribution in [0.1, 0.15) is 59.3 Å². The van der Waals surface area contributed by atoms with Crippen LogP contribution in [0.2, 0.25) is 0 Å². The molecule has 1 N–H and O–H groups in total. The van der Waals surface area contributed by atoms with E-state index in [0.29, 0.717) is 0 Å². The van der Waals surface area contributed by atoms with Crippen molar-refractivity contribution in [1.29, 1.82) is 0 Å². The van der Waals surface area contributed by atoms with Gasteiger partial charge in [-0.3, -0.25) is 0 Å². The molecule has 0 heterocycles. The molecule has 0 radical (unpaired) electrons. The van der Waals surface area contributed by atoms with Crippen LogP contribution >= 0.6 is 0 Å². The highest BCUT2D eigenvalue weighted by Gasteiger charge is 2.28. The molecule has 0 saturated heterocycles. The molecular weight excluding hydrogens is 182 g/mol. The second kappa shape index (κ2) is 4.86. The highest BCUT2D eigenvalue weighted by molar-refractivity contribution is 4.85. The topological polar surface area (TPSA) is 12.0 Å². The summed E-state index contributed by atoms with van der Waals surface area (Å²) in [4.78, 5) is 0. The molecule has 1 heteroatoms. The molecule has 0 amide bonds. The normalized spacial score (nSPS) is 39.0. The Balaban J connectivity index is 1.75. The average Bonchev–Trinajstić information content (AvgIpc) is 2.95. The molecule has 2 fully saturated rings. The van der Waals surface area contributed by atoms with E-state index in [1.165, 1.54) is 38.5 Å². The lowest BCUT2D eigenvalue weighted by molar-refractivity contribution is 0.212. The van der Waals surface area contributed by atoms with E-state index in [1.807, 2.05) is 0 Å². The molecule has 4 unspecified atom stereocenters. The third kappa shape index (κ3) is 3.48. The zero-order chi connectivity index (χ0) is 10.8. The predicted molar refractivity (Wildman–Crippen MR) is 65.9 cm³/mol. The van der Waals surface area contributed by atoms with Crippen molar-refractivity contribution in [3.63, 3.8) is 0 Å². The van der Waals surface area contributed by atoms with Crippen molar-refractivity contribution in [2.24, 2.45) is 17.8 Å². The van der Waals surface area contributed by atoms with E-state index in [-0.39, 0.29) is 0 Å². The zero-order valence-electron chi connectivity index (χ0n) is 10.6. The van der Waals surface area contributed by atoms with Gasteiger partial charge in [-0.05, 0) is 43.9 Å². The van der Waals surface area contributed by atoms with Crippen LogP contribution in [0.5, 0.6) is 0 Å². The van der Waals surface area contributed by atoms with E-state index < -0.39 is 0 Å². The maximum atomic E-state index is 3.87. The van der Waals surface area contributed by atoms with E-state index in [4.69, 9.17) is 0 Å². The number of hydrogen-bond acceptors (Lipinski definition) is 1. The molecule has 0 spiro atoms. The fraction of sp³-hybridized carbons (Fsp3) is 1.00. The standard InChI is InChI=1S/C14H27N/c1-10-4-5-11(2)14(8-10)15-12(3)9-13-6-7-13/h10-15H,4-9H2,1-3H3. The smallest absolute Gasteiger partial charge is 0.00977 e. The summed E-state index contributed by atoms with van der Waals surface area (Å²) in [5.74, 6) is 2.89. The van der Waals surface area contributed by atoms with Gasteiger partial charge in [0.25, 0.3) is 0 Å². The molecule has 0 aliphatic heterocycles. The van der Waals surface area contributed by atoms with Crippen LogP contribution in [0.25, 0.3) is 0 Å². The van der Waals surface area contributed by atoms with Gasteiger partial charge in [0.1, 0.15) is 0 Å². The summed E-state index contributed by atoms with van der Waals surface area (Å²) < 4.78 is 0. The number of rotatable bonds is 4. The van der Waals surface area contributed by atoms with Gasteiger partial charge in [-0.25, -0.2) is 0 Å². The largest absolute Gasteiger partial charge is 0.311 e. The van der Waals surface area contributed by atoms with Crippen LogP contribution in [0.4, 0.5) is 0 Å². The Kier molecular flexibility index (Phi) is 3.71. The Bertz CT molecular complexity index is 198. The minimum atomic E-state index is 0.746. The highest BCUT2D eigenvalue weighted by atomic mass is 15.0. The molecule has 88 valence electrons. The van der Waals surface area contributed by atoms with E-state index >= 15 is 0 Å². The molecule has 0 aromatic heterocycles. The Morgan fingerprint density at radius 3 is 2.53 bits per heavy atom. The van der Waals surface area contributed by atoms with E-state index in [2.05, 4.69) is 26.1 Å². The second-order valence-electron chi connectivity index (χ2n) is 6.25. The minimum absolute atomic E-state index is 0.746. The number of nitrogens with one attached hydrogen (secondary N) is 1. The summed E-state index contributed by atoms with van der Waals surface area (Å²) in [7, 11) is 0. The van der Waals surface area contributed by atoms with Gasteiger partial charge >= 0.3 is 0 Å². The molecule has 0 bridgehead atoms. The first kappa shape index (κ1) is 11.4. The van der Waals surface area contributed by atoms with Crippen molar-refractivity contribution in [3.8, 4) is 0 Å². The van der Waals surface area contributed by atoms with Gasteiger partial charge in [-0.15, -0.1) is 0 Å². The van der Waals surface area contributed by atoms with Crippen molar-refractivity contribution >= 4 is 0 Å². The van der Waals surface area contributed by atoms with Gasteiger partial charge in [0.2, 0.25) is 0 Å². The lowest BCUT2D eigenvalue weighted by atomic mass is 9.79. The summed E-state index contributed by atoms with van der Waals surface area (Å²) in [6.45, 7) is 7.21. The first-order valence-electron chi connectivity index (χ1n) is 6.91. The predicted octanol–water partition coefficient (Wildman–Crippen LogP) is 3.59. The molecule has 15 heavy (non-hydrogen) atoms. The van der Waals surface area contributed by atoms with Crippen molar-refractivity contribution in [2.45, 2.75) is 71.4 Å². The van der Waals surface area contributed by atoms with Gasteiger partial charge in [-0.1, -0.05) is 33.1 Å².